The Labute approximate surface area is 149 Å². The van der Waals surface area contributed by atoms with E-state index in [1.807, 2.05) is 43.3 Å². The number of rotatable bonds is 5. The fourth-order valence-corrected chi connectivity index (χ4v) is 3.31. The Morgan fingerprint density at radius 3 is 2.84 bits per heavy atom. The van der Waals surface area contributed by atoms with Gasteiger partial charge in [-0.3, -0.25) is 4.79 Å². The van der Waals surface area contributed by atoms with Gasteiger partial charge < -0.3 is 9.15 Å². The molecular formula is C19H16N2O3S. The van der Waals surface area contributed by atoms with Crippen molar-refractivity contribution in [3.05, 3.63) is 59.2 Å². The van der Waals surface area contributed by atoms with Crippen molar-refractivity contribution in [1.82, 2.24) is 10.2 Å². The van der Waals surface area contributed by atoms with Crippen LogP contribution in [0.5, 0.6) is 5.75 Å². The number of ketones is 1. The molecule has 0 bridgehead atoms. The van der Waals surface area contributed by atoms with E-state index in [1.54, 1.807) is 6.07 Å². The van der Waals surface area contributed by atoms with Gasteiger partial charge in [0.15, 0.2) is 5.78 Å². The van der Waals surface area contributed by atoms with Crippen molar-refractivity contribution in [1.29, 1.82) is 0 Å². The average Bonchev–Trinajstić information content (AvgIpc) is 3.29. The highest BCUT2D eigenvalue weighted by Crippen LogP contribution is 2.27. The van der Waals surface area contributed by atoms with Crippen LogP contribution < -0.4 is 4.74 Å². The molecule has 126 valence electrons. The minimum Gasteiger partial charge on any atom is -0.493 e. The molecule has 2 aromatic carbocycles. The molecule has 0 aliphatic carbocycles. The normalized spacial score (nSPS) is 12.7. The van der Waals surface area contributed by atoms with E-state index in [9.17, 15) is 4.79 Å². The molecule has 25 heavy (non-hydrogen) atoms. The van der Waals surface area contributed by atoms with E-state index in [2.05, 4.69) is 10.2 Å². The standard InChI is InChI=1S/C19H16N2O3S/c1-12-2-4-13(5-3-12)18-20-21-19(24-18)25-11-16(22)14-6-7-17-15(10-14)8-9-23-17/h2-7,10H,8-9,11H2,1H3. The van der Waals surface area contributed by atoms with Crippen LogP contribution in [0.1, 0.15) is 21.5 Å². The van der Waals surface area contributed by atoms with E-state index >= 15 is 0 Å². The van der Waals surface area contributed by atoms with Crippen molar-refractivity contribution in [2.24, 2.45) is 0 Å². The Balaban J connectivity index is 1.41. The number of hydrogen-bond donors (Lipinski definition) is 0. The van der Waals surface area contributed by atoms with Gasteiger partial charge in [-0.1, -0.05) is 29.5 Å². The summed E-state index contributed by atoms with van der Waals surface area (Å²) >= 11 is 1.25. The molecule has 1 aliphatic rings. The average molecular weight is 352 g/mol. The van der Waals surface area contributed by atoms with E-state index in [4.69, 9.17) is 9.15 Å². The number of thioether (sulfide) groups is 1. The highest BCUT2D eigenvalue weighted by atomic mass is 32.2. The van der Waals surface area contributed by atoms with Crippen molar-refractivity contribution in [3.8, 4) is 17.2 Å². The summed E-state index contributed by atoms with van der Waals surface area (Å²) in [4.78, 5) is 12.4. The number of fused-ring (bicyclic) bond motifs is 1. The number of benzene rings is 2. The number of ether oxygens (including phenoxy) is 1. The maximum atomic E-state index is 12.4. The number of aromatic nitrogens is 2. The molecule has 5 nitrogen and oxygen atoms in total. The summed E-state index contributed by atoms with van der Waals surface area (Å²) < 4.78 is 11.1. The first-order valence-electron chi connectivity index (χ1n) is 8.01. The lowest BCUT2D eigenvalue weighted by Gasteiger charge is -2.02. The fourth-order valence-electron chi connectivity index (χ4n) is 2.65. The number of nitrogens with zero attached hydrogens (tertiary/aromatic N) is 2. The van der Waals surface area contributed by atoms with Crippen LogP contribution in [0.3, 0.4) is 0 Å². The zero-order valence-corrected chi connectivity index (χ0v) is 14.5. The minimum absolute atomic E-state index is 0.0368. The fraction of sp³-hybridized carbons (Fsp3) is 0.211. The smallest absolute Gasteiger partial charge is 0.277 e. The van der Waals surface area contributed by atoms with Gasteiger partial charge in [-0.15, -0.1) is 10.2 Å². The molecule has 0 unspecified atom stereocenters. The number of Topliss-reactive ketones (excluding diaryl/α,β-unsaturated/α-hetero) is 1. The summed E-state index contributed by atoms with van der Waals surface area (Å²) in [6, 6.07) is 13.4. The Morgan fingerprint density at radius 2 is 2.00 bits per heavy atom. The van der Waals surface area contributed by atoms with Crippen LogP contribution in [0.2, 0.25) is 0 Å². The summed E-state index contributed by atoms with van der Waals surface area (Å²) in [5.74, 6) is 1.64. The molecule has 0 amide bonds. The van der Waals surface area contributed by atoms with Crippen LogP contribution in [0.15, 0.2) is 52.1 Å². The Morgan fingerprint density at radius 1 is 1.16 bits per heavy atom. The van der Waals surface area contributed by atoms with Gasteiger partial charge in [0.25, 0.3) is 5.22 Å². The van der Waals surface area contributed by atoms with Crippen molar-refractivity contribution in [3.63, 3.8) is 0 Å². The maximum absolute atomic E-state index is 12.4. The largest absolute Gasteiger partial charge is 0.493 e. The quantitative estimate of drug-likeness (QED) is 0.512. The molecule has 1 aromatic heterocycles. The highest BCUT2D eigenvalue weighted by molar-refractivity contribution is 7.99. The third-order valence-electron chi connectivity index (χ3n) is 4.04. The lowest BCUT2D eigenvalue weighted by atomic mass is 10.1. The lowest BCUT2D eigenvalue weighted by molar-refractivity contribution is 0.102. The Bertz CT molecular complexity index is 919. The maximum Gasteiger partial charge on any atom is 0.277 e. The summed E-state index contributed by atoms with van der Waals surface area (Å²) in [5.41, 5.74) is 3.82. The Hall–Kier alpha value is -2.60. The SMILES string of the molecule is Cc1ccc(-c2nnc(SCC(=O)c3ccc4c(c3)CCO4)o2)cc1. The van der Waals surface area contributed by atoms with Gasteiger partial charge in [0, 0.05) is 17.5 Å². The van der Waals surface area contributed by atoms with E-state index in [1.165, 1.54) is 17.3 Å². The van der Waals surface area contributed by atoms with E-state index in [-0.39, 0.29) is 11.5 Å². The van der Waals surface area contributed by atoms with Crippen molar-refractivity contribution < 1.29 is 13.9 Å². The van der Waals surface area contributed by atoms with Crippen LogP contribution in [0.25, 0.3) is 11.5 Å². The molecule has 2 heterocycles. The third kappa shape index (κ3) is 3.44. The predicted molar refractivity (Wildman–Crippen MR) is 95.2 cm³/mol. The van der Waals surface area contributed by atoms with Crippen LogP contribution in [-0.2, 0) is 6.42 Å². The second-order valence-corrected chi connectivity index (χ2v) is 6.80. The van der Waals surface area contributed by atoms with Gasteiger partial charge in [0.2, 0.25) is 5.89 Å². The molecule has 0 spiro atoms. The second-order valence-electron chi connectivity index (χ2n) is 5.87. The number of hydrogen-bond acceptors (Lipinski definition) is 6. The molecule has 0 atom stereocenters. The number of carbonyl (C=O) groups excluding carboxylic acids is 1. The first-order chi connectivity index (χ1) is 12.2. The van der Waals surface area contributed by atoms with Gasteiger partial charge in [0.05, 0.1) is 12.4 Å². The third-order valence-corrected chi connectivity index (χ3v) is 4.86. The summed E-state index contributed by atoms with van der Waals surface area (Å²) in [6.07, 6.45) is 0.854. The zero-order chi connectivity index (χ0) is 17.2. The predicted octanol–water partition coefficient (Wildman–Crippen LogP) is 3.95. The number of carbonyl (C=O) groups is 1. The van der Waals surface area contributed by atoms with Crippen LogP contribution in [-0.4, -0.2) is 28.3 Å². The molecule has 0 radical (unpaired) electrons. The van der Waals surface area contributed by atoms with Crippen molar-refractivity contribution >= 4 is 17.5 Å². The van der Waals surface area contributed by atoms with Crippen LogP contribution in [0.4, 0.5) is 0 Å². The monoisotopic (exact) mass is 352 g/mol. The van der Waals surface area contributed by atoms with Gasteiger partial charge in [-0.25, -0.2) is 0 Å². The molecule has 1 aliphatic heterocycles. The summed E-state index contributed by atoms with van der Waals surface area (Å²) in [6.45, 7) is 2.71. The summed E-state index contributed by atoms with van der Waals surface area (Å²) in [5, 5.41) is 8.46. The Kier molecular flexibility index (Phi) is 4.28. The molecule has 4 rings (SSSR count). The molecule has 0 fully saturated rings. The first-order valence-corrected chi connectivity index (χ1v) is 9.00. The van der Waals surface area contributed by atoms with E-state index < -0.39 is 0 Å². The van der Waals surface area contributed by atoms with Crippen molar-refractivity contribution in [2.45, 2.75) is 18.6 Å². The van der Waals surface area contributed by atoms with Gasteiger partial charge >= 0.3 is 0 Å². The highest BCUT2D eigenvalue weighted by Gasteiger charge is 2.16. The molecule has 0 saturated heterocycles. The zero-order valence-electron chi connectivity index (χ0n) is 13.7. The second kappa shape index (κ2) is 6.72. The van der Waals surface area contributed by atoms with Gasteiger partial charge in [-0.2, -0.15) is 0 Å². The van der Waals surface area contributed by atoms with Crippen LogP contribution >= 0.6 is 11.8 Å². The minimum atomic E-state index is 0.0368. The number of aryl methyl sites for hydroxylation is 1. The molecular weight excluding hydrogens is 336 g/mol. The molecule has 6 heteroatoms. The molecule has 0 saturated carbocycles. The van der Waals surface area contributed by atoms with E-state index in [0.29, 0.717) is 23.3 Å². The molecule has 0 N–H and O–H groups in total. The molecule has 3 aromatic rings. The summed E-state index contributed by atoms with van der Waals surface area (Å²) in [7, 11) is 0. The topological polar surface area (TPSA) is 65.2 Å². The van der Waals surface area contributed by atoms with Gasteiger partial charge in [0.1, 0.15) is 5.75 Å². The van der Waals surface area contributed by atoms with E-state index in [0.717, 1.165) is 23.3 Å². The first kappa shape index (κ1) is 15.9. The lowest BCUT2D eigenvalue weighted by Crippen LogP contribution is -2.02. The van der Waals surface area contributed by atoms with Gasteiger partial charge in [-0.05, 0) is 42.8 Å². The van der Waals surface area contributed by atoms with Crippen LogP contribution in [0, 0.1) is 6.92 Å². The van der Waals surface area contributed by atoms with Crippen molar-refractivity contribution in [2.75, 3.05) is 12.4 Å².